The SMILES string of the molecule is CCOc1ccc(/C=N\NC(=O)CSCc2ccccc2Br)cc1OCC. The predicted octanol–water partition coefficient (Wildman–Crippen LogP) is 4.63. The number of carbonyl (C=O) groups excluding carboxylic acids is 1. The molecule has 0 aliphatic heterocycles. The lowest BCUT2D eigenvalue weighted by Crippen LogP contribution is -2.19. The molecule has 0 saturated heterocycles. The van der Waals surface area contributed by atoms with Gasteiger partial charge in [0.05, 0.1) is 25.2 Å². The molecule has 0 bridgehead atoms. The van der Waals surface area contributed by atoms with Crippen molar-refractivity contribution < 1.29 is 14.3 Å². The molecule has 2 rings (SSSR count). The summed E-state index contributed by atoms with van der Waals surface area (Å²) in [6, 6.07) is 13.5. The third-order valence-corrected chi connectivity index (χ3v) is 5.17. The summed E-state index contributed by atoms with van der Waals surface area (Å²) in [5.74, 6) is 2.32. The first-order valence-corrected chi connectivity index (χ1v) is 10.6. The van der Waals surface area contributed by atoms with Crippen LogP contribution in [0.25, 0.3) is 0 Å². The fourth-order valence-corrected chi connectivity index (χ4v) is 3.66. The predicted molar refractivity (Wildman–Crippen MR) is 115 cm³/mol. The van der Waals surface area contributed by atoms with E-state index in [1.54, 1.807) is 6.21 Å². The summed E-state index contributed by atoms with van der Waals surface area (Å²) in [4.78, 5) is 11.9. The number of nitrogens with one attached hydrogen (secondary N) is 1. The third-order valence-electron chi connectivity index (χ3n) is 3.42. The average molecular weight is 451 g/mol. The molecular weight excluding hydrogens is 428 g/mol. The number of halogens is 1. The number of ether oxygens (including phenoxy) is 2. The van der Waals surface area contributed by atoms with E-state index in [1.165, 1.54) is 11.8 Å². The normalized spacial score (nSPS) is 10.8. The number of thioether (sulfide) groups is 1. The second kappa shape index (κ2) is 11.7. The van der Waals surface area contributed by atoms with Gasteiger partial charge in [0.2, 0.25) is 5.91 Å². The number of hydrogen-bond acceptors (Lipinski definition) is 5. The number of benzene rings is 2. The molecule has 0 aliphatic rings. The van der Waals surface area contributed by atoms with Gasteiger partial charge in [0.25, 0.3) is 0 Å². The highest BCUT2D eigenvalue weighted by molar-refractivity contribution is 9.10. The Balaban J connectivity index is 1.82. The molecule has 5 nitrogen and oxygen atoms in total. The smallest absolute Gasteiger partial charge is 0.250 e. The lowest BCUT2D eigenvalue weighted by atomic mass is 10.2. The first kappa shape index (κ1) is 21.3. The number of hydrazone groups is 1. The Morgan fingerprint density at radius 1 is 1.15 bits per heavy atom. The van der Waals surface area contributed by atoms with Crippen molar-refractivity contribution in [1.82, 2.24) is 5.43 Å². The lowest BCUT2D eigenvalue weighted by molar-refractivity contribution is -0.118. The molecular formula is C20H23BrN2O3S. The van der Waals surface area contributed by atoms with E-state index in [2.05, 4.69) is 26.5 Å². The Morgan fingerprint density at radius 3 is 2.63 bits per heavy atom. The van der Waals surface area contributed by atoms with Gasteiger partial charge in [-0.25, -0.2) is 5.43 Å². The van der Waals surface area contributed by atoms with Gasteiger partial charge in [-0.3, -0.25) is 4.79 Å². The van der Waals surface area contributed by atoms with Crippen molar-refractivity contribution in [3.63, 3.8) is 0 Å². The zero-order valence-corrected chi connectivity index (χ0v) is 17.8. The Kier molecular flexibility index (Phi) is 9.21. The van der Waals surface area contributed by atoms with Gasteiger partial charge in [-0.2, -0.15) is 5.10 Å². The van der Waals surface area contributed by atoms with Crippen molar-refractivity contribution in [3.05, 3.63) is 58.1 Å². The van der Waals surface area contributed by atoms with Crippen LogP contribution in [0.1, 0.15) is 25.0 Å². The Morgan fingerprint density at radius 2 is 1.89 bits per heavy atom. The largest absolute Gasteiger partial charge is 0.490 e. The van der Waals surface area contributed by atoms with Gasteiger partial charge in [0, 0.05) is 10.2 Å². The van der Waals surface area contributed by atoms with E-state index in [1.807, 2.05) is 56.3 Å². The summed E-state index contributed by atoms with van der Waals surface area (Å²) in [7, 11) is 0. The average Bonchev–Trinajstić information content (AvgIpc) is 2.66. The molecule has 0 fully saturated rings. The van der Waals surface area contributed by atoms with E-state index >= 15 is 0 Å². The summed E-state index contributed by atoms with van der Waals surface area (Å²) in [6.07, 6.45) is 1.59. The minimum absolute atomic E-state index is 0.140. The molecule has 1 amide bonds. The van der Waals surface area contributed by atoms with E-state index < -0.39 is 0 Å². The first-order chi connectivity index (χ1) is 13.1. The van der Waals surface area contributed by atoms with E-state index in [9.17, 15) is 4.79 Å². The standard InChI is InChI=1S/C20H23BrN2O3S/c1-3-25-18-10-9-15(11-19(18)26-4-2)12-22-23-20(24)14-27-13-16-7-5-6-8-17(16)21/h5-12H,3-4,13-14H2,1-2H3,(H,23,24)/b22-12-. The summed E-state index contributed by atoms with van der Waals surface area (Å²) in [6.45, 7) is 4.96. The van der Waals surface area contributed by atoms with E-state index in [0.29, 0.717) is 30.5 Å². The van der Waals surface area contributed by atoms with Crippen molar-refractivity contribution in [2.75, 3.05) is 19.0 Å². The van der Waals surface area contributed by atoms with Gasteiger partial charge in [0.1, 0.15) is 0 Å². The van der Waals surface area contributed by atoms with Crippen LogP contribution in [0.3, 0.4) is 0 Å². The molecule has 144 valence electrons. The molecule has 0 heterocycles. The molecule has 0 aliphatic carbocycles. The molecule has 0 radical (unpaired) electrons. The zero-order valence-electron chi connectivity index (χ0n) is 15.4. The van der Waals surface area contributed by atoms with E-state index in [-0.39, 0.29) is 5.91 Å². The quantitative estimate of drug-likeness (QED) is 0.423. The number of amides is 1. The molecule has 2 aromatic carbocycles. The van der Waals surface area contributed by atoms with Crippen LogP contribution in [-0.2, 0) is 10.5 Å². The van der Waals surface area contributed by atoms with Gasteiger partial charge in [-0.05, 0) is 49.2 Å². The molecule has 0 aromatic heterocycles. The highest BCUT2D eigenvalue weighted by atomic mass is 79.9. The van der Waals surface area contributed by atoms with Crippen LogP contribution in [0.4, 0.5) is 0 Å². The molecule has 1 N–H and O–H groups in total. The second-order valence-corrected chi connectivity index (χ2v) is 7.29. The maximum Gasteiger partial charge on any atom is 0.250 e. The van der Waals surface area contributed by atoms with Crippen LogP contribution in [0.2, 0.25) is 0 Å². The fraction of sp³-hybridized carbons (Fsp3) is 0.300. The topological polar surface area (TPSA) is 59.9 Å². The van der Waals surface area contributed by atoms with Crippen LogP contribution < -0.4 is 14.9 Å². The minimum atomic E-state index is -0.140. The first-order valence-electron chi connectivity index (χ1n) is 8.66. The lowest BCUT2D eigenvalue weighted by Gasteiger charge is -2.11. The summed E-state index contributed by atoms with van der Waals surface area (Å²) in [5, 5.41) is 4.02. The molecule has 7 heteroatoms. The highest BCUT2D eigenvalue weighted by Gasteiger charge is 2.06. The van der Waals surface area contributed by atoms with Gasteiger partial charge in [0.15, 0.2) is 11.5 Å². The number of nitrogens with zero attached hydrogens (tertiary/aromatic N) is 1. The molecule has 2 aromatic rings. The van der Waals surface area contributed by atoms with Crippen molar-refractivity contribution in [1.29, 1.82) is 0 Å². The summed E-state index contributed by atoms with van der Waals surface area (Å²) < 4.78 is 12.2. The maximum absolute atomic E-state index is 11.9. The van der Waals surface area contributed by atoms with Crippen molar-refractivity contribution >= 4 is 39.8 Å². The summed E-state index contributed by atoms with van der Waals surface area (Å²) in [5.41, 5.74) is 4.54. The number of rotatable bonds is 10. The number of hydrogen-bond donors (Lipinski definition) is 1. The van der Waals surface area contributed by atoms with Gasteiger partial charge in [-0.1, -0.05) is 34.1 Å². The minimum Gasteiger partial charge on any atom is -0.490 e. The summed E-state index contributed by atoms with van der Waals surface area (Å²) >= 11 is 5.05. The van der Waals surface area contributed by atoms with Crippen LogP contribution in [0.15, 0.2) is 52.0 Å². The molecule has 0 spiro atoms. The molecule has 0 atom stereocenters. The van der Waals surface area contributed by atoms with Crippen molar-refractivity contribution in [2.45, 2.75) is 19.6 Å². The van der Waals surface area contributed by atoms with Crippen LogP contribution in [-0.4, -0.2) is 31.1 Å². The monoisotopic (exact) mass is 450 g/mol. The van der Waals surface area contributed by atoms with Gasteiger partial charge in [-0.15, -0.1) is 11.8 Å². The van der Waals surface area contributed by atoms with Crippen molar-refractivity contribution in [3.8, 4) is 11.5 Å². The van der Waals surface area contributed by atoms with E-state index in [0.717, 1.165) is 21.4 Å². The third kappa shape index (κ3) is 7.27. The number of carbonyl (C=O) groups is 1. The van der Waals surface area contributed by atoms with Gasteiger partial charge < -0.3 is 9.47 Å². The maximum atomic E-state index is 11.9. The Hall–Kier alpha value is -1.99. The van der Waals surface area contributed by atoms with E-state index in [4.69, 9.17) is 9.47 Å². The molecule has 0 unspecified atom stereocenters. The van der Waals surface area contributed by atoms with Gasteiger partial charge >= 0.3 is 0 Å². The Bertz CT molecular complexity index is 784. The van der Waals surface area contributed by atoms with Crippen LogP contribution in [0, 0.1) is 0 Å². The molecule has 0 saturated carbocycles. The van der Waals surface area contributed by atoms with Crippen LogP contribution >= 0.6 is 27.7 Å². The van der Waals surface area contributed by atoms with Crippen molar-refractivity contribution in [2.24, 2.45) is 5.10 Å². The second-order valence-electron chi connectivity index (χ2n) is 5.45. The molecule has 27 heavy (non-hydrogen) atoms. The van der Waals surface area contributed by atoms with Crippen LogP contribution in [0.5, 0.6) is 11.5 Å². The zero-order chi connectivity index (χ0) is 19.5. The highest BCUT2D eigenvalue weighted by Crippen LogP contribution is 2.28. The fourth-order valence-electron chi connectivity index (χ4n) is 2.23. The Labute approximate surface area is 172 Å².